The zero-order valence-electron chi connectivity index (χ0n) is 12.0. The third kappa shape index (κ3) is 1.84. The largest absolute Gasteiger partial charge is 0.396 e. The minimum atomic E-state index is 0.0103. The monoisotopic (exact) mass is 260 g/mol. The van der Waals surface area contributed by atoms with Gasteiger partial charge in [0.15, 0.2) is 5.78 Å². The summed E-state index contributed by atoms with van der Waals surface area (Å²) < 4.78 is 0. The molecule has 19 heavy (non-hydrogen) atoms. The summed E-state index contributed by atoms with van der Waals surface area (Å²) in [6.45, 7) is 4.80. The van der Waals surface area contributed by atoms with E-state index in [-0.39, 0.29) is 23.2 Å². The van der Waals surface area contributed by atoms with E-state index in [1.54, 1.807) is 0 Å². The fraction of sp³-hybridized carbons (Fsp3) is 0.706. The van der Waals surface area contributed by atoms with Crippen LogP contribution < -0.4 is 0 Å². The summed E-state index contributed by atoms with van der Waals surface area (Å²) in [5, 5.41) is 9.84. The van der Waals surface area contributed by atoms with Crippen LogP contribution in [0.15, 0.2) is 23.3 Å². The molecule has 104 valence electrons. The summed E-state index contributed by atoms with van der Waals surface area (Å²) in [6.07, 6.45) is 10.3. The molecule has 2 nitrogen and oxygen atoms in total. The Hall–Kier alpha value is -0.890. The lowest BCUT2D eigenvalue weighted by molar-refractivity contribution is -0.115. The number of allylic oxidation sites excluding steroid dienone is 4. The Labute approximate surface area is 115 Å². The molecule has 3 atom stereocenters. The van der Waals surface area contributed by atoms with Crippen LogP contribution in [0.4, 0.5) is 0 Å². The van der Waals surface area contributed by atoms with Crippen molar-refractivity contribution in [1.29, 1.82) is 0 Å². The van der Waals surface area contributed by atoms with Crippen LogP contribution in [0.5, 0.6) is 0 Å². The first-order valence-corrected chi connectivity index (χ1v) is 7.55. The minimum Gasteiger partial charge on any atom is -0.396 e. The molecule has 0 aliphatic heterocycles. The molecule has 0 aromatic carbocycles. The fourth-order valence-corrected chi connectivity index (χ4v) is 4.76. The molecule has 0 radical (unpaired) electrons. The Morgan fingerprint density at radius 1 is 1.32 bits per heavy atom. The Morgan fingerprint density at radius 3 is 2.84 bits per heavy atom. The van der Waals surface area contributed by atoms with Gasteiger partial charge in [-0.2, -0.15) is 0 Å². The molecule has 0 bridgehead atoms. The van der Waals surface area contributed by atoms with E-state index in [1.165, 1.54) is 11.1 Å². The zero-order valence-corrected chi connectivity index (χ0v) is 12.0. The van der Waals surface area contributed by atoms with Gasteiger partial charge in [0.05, 0.1) is 0 Å². The summed E-state index contributed by atoms with van der Waals surface area (Å²) in [5.74, 6) is 0.755. The number of ketones is 1. The third-order valence-electron chi connectivity index (χ3n) is 5.92. The Kier molecular flexibility index (Phi) is 2.97. The third-order valence-corrected chi connectivity index (χ3v) is 5.92. The highest BCUT2D eigenvalue weighted by molar-refractivity contribution is 5.93. The van der Waals surface area contributed by atoms with Gasteiger partial charge in [0, 0.05) is 13.0 Å². The van der Waals surface area contributed by atoms with Crippen molar-refractivity contribution in [2.75, 3.05) is 6.61 Å². The SMILES string of the molecule is C[C@@]1(CO)CCC[C@]2(C)C3=CC(=O)CCC3=CC[C@H]12. The molecule has 1 fully saturated rings. The summed E-state index contributed by atoms with van der Waals surface area (Å²) in [6, 6.07) is 0. The van der Waals surface area contributed by atoms with Gasteiger partial charge < -0.3 is 5.11 Å². The summed E-state index contributed by atoms with van der Waals surface area (Å²) in [5.41, 5.74) is 2.80. The number of carbonyl (C=O) groups is 1. The first-order chi connectivity index (χ1) is 8.99. The number of aliphatic hydroxyl groups is 1. The van der Waals surface area contributed by atoms with Gasteiger partial charge >= 0.3 is 0 Å². The van der Waals surface area contributed by atoms with Crippen molar-refractivity contribution in [2.45, 2.75) is 52.4 Å². The van der Waals surface area contributed by atoms with Crippen molar-refractivity contribution in [2.24, 2.45) is 16.7 Å². The molecule has 0 unspecified atom stereocenters. The van der Waals surface area contributed by atoms with Crippen LogP contribution in [0.2, 0.25) is 0 Å². The van der Waals surface area contributed by atoms with Gasteiger partial charge in [-0.1, -0.05) is 26.3 Å². The van der Waals surface area contributed by atoms with Gasteiger partial charge in [-0.3, -0.25) is 4.79 Å². The fourth-order valence-electron chi connectivity index (χ4n) is 4.76. The van der Waals surface area contributed by atoms with Crippen LogP contribution in [-0.4, -0.2) is 17.5 Å². The van der Waals surface area contributed by atoms with Gasteiger partial charge in [0.2, 0.25) is 0 Å². The quantitative estimate of drug-likeness (QED) is 0.784. The molecule has 1 saturated carbocycles. The van der Waals surface area contributed by atoms with E-state index in [1.807, 2.05) is 6.08 Å². The maximum Gasteiger partial charge on any atom is 0.156 e. The molecule has 3 rings (SSSR count). The van der Waals surface area contributed by atoms with Crippen molar-refractivity contribution in [1.82, 2.24) is 0 Å². The normalized spacial score (nSPS) is 42.1. The van der Waals surface area contributed by atoms with Crippen LogP contribution in [0.1, 0.15) is 52.4 Å². The summed E-state index contributed by atoms with van der Waals surface area (Å²) in [7, 11) is 0. The molecule has 0 saturated heterocycles. The Balaban J connectivity index is 2.08. The first-order valence-electron chi connectivity index (χ1n) is 7.55. The van der Waals surface area contributed by atoms with Crippen molar-refractivity contribution < 1.29 is 9.90 Å². The number of rotatable bonds is 1. The predicted molar refractivity (Wildman–Crippen MR) is 75.7 cm³/mol. The lowest BCUT2D eigenvalue weighted by Gasteiger charge is -2.55. The van der Waals surface area contributed by atoms with Crippen LogP contribution in [0.25, 0.3) is 0 Å². The Bertz CT molecular complexity index is 474. The summed E-state index contributed by atoms with van der Waals surface area (Å²) >= 11 is 0. The second kappa shape index (κ2) is 4.31. The van der Waals surface area contributed by atoms with E-state index in [0.29, 0.717) is 12.3 Å². The van der Waals surface area contributed by atoms with Gasteiger partial charge in [0.25, 0.3) is 0 Å². The molecular weight excluding hydrogens is 236 g/mol. The van der Waals surface area contributed by atoms with E-state index in [4.69, 9.17) is 0 Å². The second-order valence-corrected chi connectivity index (χ2v) is 7.13. The lowest BCUT2D eigenvalue weighted by atomic mass is 9.49. The van der Waals surface area contributed by atoms with E-state index in [9.17, 15) is 9.90 Å². The maximum atomic E-state index is 11.8. The zero-order chi connectivity index (χ0) is 13.7. The lowest BCUT2D eigenvalue weighted by Crippen LogP contribution is -2.48. The second-order valence-electron chi connectivity index (χ2n) is 7.13. The molecule has 2 heteroatoms. The van der Waals surface area contributed by atoms with Gasteiger partial charge in [-0.05, 0) is 59.7 Å². The molecule has 3 aliphatic carbocycles. The van der Waals surface area contributed by atoms with Crippen molar-refractivity contribution >= 4 is 5.78 Å². The highest BCUT2D eigenvalue weighted by atomic mass is 16.3. The Morgan fingerprint density at radius 2 is 2.11 bits per heavy atom. The number of hydrogen-bond donors (Lipinski definition) is 1. The molecular formula is C17H24O2. The number of carbonyl (C=O) groups excluding carboxylic acids is 1. The molecule has 0 amide bonds. The van der Waals surface area contributed by atoms with E-state index in [2.05, 4.69) is 19.9 Å². The average molecular weight is 260 g/mol. The number of aliphatic hydroxyl groups excluding tert-OH is 1. The molecule has 0 aromatic heterocycles. The molecule has 1 N–H and O–H groups in total. The highest BCUT2D eigenvalue weighted by Gasteiger charge is 2.52. The molecule has 3 aliphatic rings. The van der Waals surface area contributed by atoms with Gasteiger partial charge in [-0.15, -0.1) is 0 Å². The van der Waals surface area contributed by atoms with Crippen LogP contribution in [0.3, 0.4) is 0 Å². The predicted octanol–water partition coefficient (Wildman–Crippen LogP) is 3.41. The van der Waals surface area contributed by atoms with Crippen LogP contribution >= 0.6 is 0 Å². The van der Waals surface area contributed by atoms with E-state index < -0.39 is 0 Å². The van der Waals surface area contributed by atoms with E-state index in [0.717, 1.165) is 32.1 Å². The summed E-state index contributed by atoms with van der Waals surface area (Å²) in [4.78, 5) is 11.8. The maximum absolute atomic E-state index is 11.8. The number of fused-ring (bicyclic) bond motifs is 3. The van der Waals surface area contributed by atoms with E-state index >= 15 is 0 Å². The van der Waals surface area contributed by atoms with Gasteiger partial charge in [-0.25, -0.2) is 0 Å². The van der Waals surface area contributed by atoms with Crippen molar-refractivity contribution in [3.8, 4) is 0 Å². The average Bonchev–Trinajstić information content (AvgIpc) is 2.39. The molecule has 0 spiro atoms. The van der Waals surface area contributed by atoms with Crippen LogP contribution in [0, 0.1) is 16.7 Å². The van der Waals surface area contributed by atoms with Gasteiger partial charge in [0.1, 0.15) is 0 Å². The topological polar surface area (TPSA) is 37.3 Å². The highest BCUT2D eigenvalue weighted by Crippen LogP contribution is 2.60. The molecule has 0 heterocycles. The molecule has 0 aromatic rings. The number of hydrogen-bond acceptors (Lipinski definition) is 2. The van der Waals surface area contributed by atoms with Crippen LogP contribution in [-0.2, 0) is 4.79 Å². The minimum absolute atomic E-state index is 0.0103. The first kappa shape index (κ1) is 13.1. The van der Waals surface area contributed by atoms with Crippen molar-refractivity contribution in [3.63, 3.8) is 0 Å². The smallest absolute Gasteiger partial charge is 0.156 e. The van der Waals surface area contributed by atoms with Crippen molar-refractivity contribution in [3.05, 3.63) is 23.3 Å². The standard InChI is InChI=1S/C17H24O2/c1-16(11-18)8-3-9-17(2)14-10-13(19)6-4-12(14)5-7-15(16)17/h5,10,15,18H,3-4,6-9,11H2,1-2H3/t15-,16+,17-/m1/s1.